The molecule has 2 N–H and O–H groups in total. The molecule has 0 spiro atoms. The van der Waals surface area contributed by atoms with Gasteiger partial charge in [-0.15, -0.1) is 5.10 Å². The first-order chi connectivity index (χ1) is 16.0. The Balaban J connectivity index is 1.59. The van der Waals surface area contributed by atoms with E-state index in [1.54, 1.807) is 6.07 Å². The number of aromatic nitrogens is 2. The number of aromatic amines is 1. The number of hydrogen-bond acceptors (Lipinski definition) is 6. The van der Waals surface area contributed by atoms with Gasteiger partial charge in [-0.3, -0.25) is 14.9 Å². The minimum atomic E-state index is -0.536. The van der Waals surface area contributed by atoms with E-state index in [0.717, 1.165) is 20.9 Å². The van der Waals surface area contributed by atoms with Crippen molar-refractivity contribution in [3.05, 3.63) is 98.5 Å². The zero-order chi connectivity index (χ0) is 22.9. The molecule has 2 heterocycles. The zero-order valence-corrected chi connectivity index (χ0v) is 18.4. The molecule has 0 saturated heterocycles. The number of rotatable bonds is 4. The van der Waals surface area contributed by atoms with E-state index in [4.69, 9.17) is 4.42 Å². The van der Waals surface area contributed by atoms with E-state index in [9.17, 15) is 14.9 Å². The fraction of sp³-hybridized carbons (Fsp3) is 0. The number of carbonyl (C=O) groups excluding carboxylic acids is 1. The average Bonchev–Trinajstić information content (AvgIpc) is 3.26. The summed E-state index contributed by atoms with van der Waals surface area (Å²) in [5.74, 6) is -0.00304. The topological polar surface area (TPSA) is 126 Å². The molecule has 33 heavy (non-hydrogen) atoms. The fourth-order valence-electron chi connectivity index (χ4n) is 3.34. The Morgan fingerprint density at radius 3 is 2.64 bits per heavy atom. The summed E-state index contributed by atoms with van der Waals surface area (Å²) in [6.07, 6.45) is 0. The highest BCUT2D eigenvalue weighted by molar-refractivity contribution is 9.10. The number of nitro groups is 1. The van der Waals surface area contributed by atoms with Gasteiger partial charge < -0.3 is 9.40 Å². The summed E-state index contributed by atoms with van der Waals surface area (Å²) in [6, 6.07) is 20.2. The third kappa shape index (κ3) is 4.11. The van der Waals surface area contributed by atoms with Crippen molar-refractivity contribution in [2.45, 2.75) is 0 Å². The second kappa shape index (κ2) is 8.32. The molecule has 5 rings (SSSR count). The predicted octanol–water partition coefficient (Wildman–Crippen LogP) is 4.89. The molecule has 0 aliphatic carbocycles. The van der Waals surface area contributed by atoms with Gasteiger partial charge in [0.2, 0.25) is 5.55 Å². The van der Waals surface area contributed by atoms with Crippen molar-refractivity contribution in [1.82, 2.24) is 15.4 Å². The van der Waals surface area contributed by atoms with Crippen molar-refractivity contribution >= 4 is 49.5 Å². The Morgan fingerprint density at radius 2 is 1.88 bits per heavy atom. The van der Waals surface area contributed by atoms with Gasteiger partial charge in [-0.2, -0.15) is 0 Å². The first-order valence-corrected chi connectivity index (χ1v) is 10.5. The smallest absolute Gasteiger partial charge is 0.271 e. The highest BCUT2D eigenvalue weighted by Gasteiger charge is 2.13. The van der Waals surface area contributed by atoms with E-state index in [1.165, 1.54) is 24.3 Å². The number of benzene rings is 3. The van der Waals surface area contributed by atoms with Crippen molar-refractivity contribution in [2.24, 2.45) is 5.10 Å². The number of fused-ring (bicyclic) bond motifs is 2. The second-order valence-electron chi connectivity index (χ2n) is 7.11. The minimum absolute atomic E-state index is 0.105. The number of imidazole rings is 1. The maximum Gasteiger partial charge on any atom is 0.271 e. The maximum absolute atomic E-state index is 12.6. The quantitative estimate of drug-likeness (QED) is 0.266. The molecule has 0 bridgehead atoms. The lowest BCUT2D eigenvalue weighted by atomic mass is 10.2. The molecule has 0 aliphatic rings. The molecule has 0 saturated carbocycles. The van der Waals surface area contributed by atoms with Crippen LogP contribution in [0.1, 0.15) is 10.4 Å². The summed E-state index contributed by atoms with van der Waals surface area (Å²) >= 11 is 3.46. The van der Waals surface area contributed by atoms with Gasteiger partial charge in [0, 0.05) is 27.6 Å². The number of nitrogens with zero attached hydrogens (tertiary/aromatic N) is 3. The van der Waals surface area contributed by atoms with E-state index in [0.29, 0.717) is 17.0 Å². The molecule has 162 valence electrons. The molecular weight excluding hydrogens is 490 g/mol. The zero-order valence-electron chi connectivity index (χ0n) is 16.8. The van der Waals surface area contributed by atoms with E-state index in [-0.39, 0.29) is 16.8 Å². The van der Waals surface area contributed by atoms with Crippen LogP contribution in [0, 0.1) is 10.1 Å². The third-order valence-corrected chi connectivity index (χ3v) is 5.45. The van der Waals surface area contributed by atoms with Crippen LogP contribution in [-0.4, -0.2) is 20.8 Å². The first kappa shape index (κ1) is 20.6. The maximum atomic E-state index is 12.6. The Bertz CT molecular complexity index is 1570. The van der Waals surface area contributed by atoms with E-state index < -0.39 is 10.8 Å². The Hall–Kier alpha value is -4.31. The molecule has 3 aromatic carbocycles. The lowest BCUT2D eigenvalue weighted by molar-refractivity contribution is -0.384. The van der Waals surface area contributed by atoms with Crippen LogP contribution in [0.3, 0.4) is 0 Å². The Kier molecular flexibility index (Phi) is 5.19. The number of halogens is 1. The average molecular weight is 504 g/mol. The highest BCUT2D eigenvalue weighted by Crippen LogP contribution is 2.24. The van der Waals surface area contributed by atoms with Crippen LogP contribution in [0.25, 0.3) is 33.4 Å². The Morgan fingerprint density at radius 1 is 1.09 bits per heavy atom. The van der Waals surface area contributed by atoms with Gasteiger partial charge in [-0.05, 0) is 48.5 Å². The van der Waals surface area contributed by atoms with Crippen LogP contribution in [0.2, 0.25) is 0 Å². The number of non-ortho nitro benzene ring substituents is 1. The summed E-state index contributed by atoms with van der Waals surface area (Å²) in [5, 5.41) is 15.8. The van der Waals surface area contributed by atoms with Crippen LogP contribution in [0.4, 0.5) is 5.69 Å². The summed E-state index contributed by atoms with van der Waals surface area (Å²) in [7, 11) is 0. The number of nitrogens with one attached hydrogen (secondary N) is 2. The number of carbonyl (C=O) groups is 1. The van der Waals surface area contributed by atoms with E-state index >= 15 is 0 Å². The normalized spacial score (nSPS) is 11.7. The van der Waals surface area contributed by atoms with Crippen LogP contribution in [0.15, 0.2) is 86.8 Å². The number of H-pyrrole nitrogens is 1. The van der Waals surface area contributed by atoms with Gasteiger partial charge in [-0.1, -0.05) is 28.1 Å². The molecule has 0 unspecified atom stereocenters. The number of para-hydroxylation sites is 2. The lowest BCUT2D eigenvalue weighted by Gasteiger charge is -2.04. The molecule has 9 nitrogen and oxygen atoms in total. The molecule has 0 atom stereocenters. The van der Waals surface area contributed by atoms with Crippen molar-refractivity contribution in [2.75, 3.05) is 0 Å². The third-order valence-electron chi connectivity index (χ3n) is 4.95. The van der Waals surface area contributed by atoms with E-state index in [2.05, 4.69) is 36.4 Å². The van der Waals surface area contributed by atoms with Crippen LogP contribution in [-0.2, 0) is 0 Å². The molecule has 5 aromatic rings. The lowest BCUT2D eigenvalue weighted by Crippen LogP contribution is -2.22. The van der Waals surface area contributed by atoms with Gasteiger partial charge in [-0.25, -0.2) is 10.4 Å². The minimum Gasteiger partial charge on any atom is -0.436 e. The van der Waals surface area contributed by atoms with Gasteiger partial charge in [0.1, 0.15) is 11.4 Å². The SMILES string of the molecule is O=C(NN=c1oc2ccc(Br)cc2cc1-c1nc2ccccc2[nH]1)c1ccc([N+](=O)[O-])cc1. The molecule has 0 fully saturated rings. The number of hydrogen-bond donors (Lipinski definition) is 2. The number of amides is 1. The second-order valence-corrected chi connectivity index (χ2v) is 8.02. The van der Waals surface area contributed by atoms with Crippen LogP contribution < -0.4 is 11.0 Å². The molecule has 0 aliphatic heterocycles. The van der Waals surface area contributed by atoms with Gasteiger partial charge in [0.05, 0.1) is 21.5 Å². The van der Waals surface area contributed by atoms with Crippen molar-refractivity contribution in [3.8, 4) is 11.4 Å². The van der Waals surface area contributed by atoms with Gasteiger partial charge >= 0.3 is 0 Å². The summed E-state index contributed by atoms with van der Waals surface area (Å²) in [4.78, 5) is 30.7. The summed E-state index contributed by atoms with van der Waals surface area (Å²) < 4.78 is 6.87. The van der Waals surface area contributed by atoms with Gasteiger partial charge in [0.15, 0.2) is 0 Å². The van der Waals surface area contributed by atoms with Crippen molar-refractivity contribution < 1.29 is 14.1 Å². The van der Waals surface area contributed by atoms with E-state index in [1.807, 2.05) is 42.5 Å². The molecule has 1 amide bonds. The summed E-state index contributed by atoms with van der Waals surface area (Å²) in [5.41, 5.74) is 5.48. The number of nitro benzene ring substituents is 1. The van der Waals surface area contributed by atoms with Crippen LogP contribution in [0.5, 0.6) is 0 Å². The predicted molar refractivity (Wildman–Crippen MR) is 125 cm³/mol. The van der Waals surface area contributed by atoms with Crippen LogP contribution >= 0.6 is 15.9 Å². The standard InChI is InChI=1S/C23H14BrN5O4/c24-15-7-10-20-14(11-15)12-17(21-25-18-3-1-2-4-19(18)26-21)23(33-20)28-27-22(30)13-5-8-16(9-6-13)29(31)32/h1-12H,(H,25,26)(H,27,30). The monoisotopic (exact) mass is 503 g/mol. The van der Waals surface area contributed by atoms with Gasteiger partial charge in [0.25, 0.3) is 11.6 Å². The fourth-order valence-corrected chi connectivity index (χ4v) is 3.71. The Labute approximate surface area is 194 Å². The molecule has 0 radical (unpaired) electrons. The molecule has 2 aromatic heterocycles. The molecule has 10 heteroatoms. The van der Waals surface area contributed by atoms with Crippen molar-refractivity contribution in [1.29, 1.82) is 0 Å². The summed E-state index contributed by atoms with van der Waals surface area (Å²) in [6.45, 7) is 0. The molecular formula is C23H14BrN5O4. The van der Waals surface area contributed by atoms with Crippen molar-refractivity contribution in [3.63, 3.8) is 0 Å². The highest BCUT2D eigenvalue weighted by atomic mass is 79.9. The largest absolute Gasteiger partial charge is 0.436 e. The first-order valence-electron chi connectivity index (χ1n) is 9.75.